The Morgan fingerprint density at radius 1 is 0.769 bits per heavy atom. The molecule has 0 aromatic rings. The normalized spacial score (nSPS) is 10.2. The molecular formula is C12H26Ti. The first kappa shape index (κ1) is 16.2. The van der Waals surface area contributed by atoms with Gasteiger partial charge in [0.1, 0.15) is 0 Å². The van der Waals surface area contributed by atoms with Crippen LogP contribution in [0.2, 0.25) is 0 Å². The molecule has 0 aliphatic rings. The number of rotatable bonds is 8. The molecule has 0 N–H and O–H groups in total. The largest absolute Gasteiger partial charge is 0.0654 e. The third kappa shape index (κ3) is 15.5. The summed E-state index contributed by atoms with van der Waals surface area (Å²) in [4.78, 5) is 0. The molecular weight excluding hydrogens is 192 g/mol. The van der Waals surface area contributed by atoms with E-state index in [0.717, 1.165) is 5.92 Å². The molecule has 0 amide bonds. The van der Waals surface area contributed by atoms with E-state index < -0.39 is 0 Å². The maximum absolute atomic E-state index is 2.32. The second-order valence-electron chi connectivity index (χ2n) is 4.30. The SMILES string of the molecule is CCCCCCCCCC(C)C.[Ti]. The standard InChI is InChI=1S/C12H26.Ti/c1-4-5-6-7-8-9-10-11-12(2)3;/h12H,4-11H2,1-3H3;. The molecule has 0 aromatic carbocycles. The van der Waals surface area contributed by atoms with Gasteiger partial charge < -0.3 is 0 Å². The molecule has 0 saturated heterocycles. The van der Waals surface area contributed by atoms with Gasteiger partial charge in [0, 0.05) is 21.7 Å². The van der Waals surface area contributed by atoms with Crippen LogP contribution in [0.4, 0.5) is 0 Å². The summed E-state index contributed by atoms with van der Waals surface area (Å²) in [5.41, 5.74) is 0. The number of unbranched alkanes of at least 4 members (excludes halogenated alkanes) is 6. The molecule has 0 aromatic heterocycles. The van der Waals surface area contributed by atoms with Crippen LogP contribution in [0.1, 0.15) is 72.1 Å². The van der Waals surface area contributed by atoms with Crippen molar-refractivity contribution in [3.63, 3.8) is 0 Å². The summed E-state index contributed by atoms with van der Waals surface area (Å²) in [5.74, 6) is 0.903. The first-order valence-electron chi connectivity index (χ1n) is 5.77. The minimum atomic E-state index is 0. The van der Waals surface area contributed by atoms with Gasteiger partial charge in [-0.1, -0.05) is 72.1 Å². The fourth-order valence-electron chi connectivity index (χ4n) is 1.51. The van der Waals surface area contributed by atoms with Crippen molar-refractivity contribution in [1.29, 1.82) is 0 Å². The van der Waals surface area contributed by atoms with Gasteiger partial charge in [-0.15, -0.1) is 0 Å². The van der Waals surface area contributed by atoms with Gasteiger partial charge in [-0.3, -0.25) is 0 Å². The summed E-state index contributed by atoms with van der Waals surface area (Å²) in [6.45, 7) is 6.91. The van der Waals surface area contributed by atoms with Crippen LogP contribution in [0.5, 0.6) is 0 Å². The van der Waals surface area contributed by atoms with Gasteiger partial charge in [0.2, 0.25) is 0 Å². The van der Waals surface area contributed by atoms with E-state index in [2.05, 4.69) is 20.8 Å². The molecule has 0 heterocycles. The Bertz CT molecular complexity index is 79.2. The maximum atomic E-state index is 2.32. The van der Waals surface area contributed by atoms with E-state index in [9.17, 15) is 0 Å². The van der Waals surface area contributed by atoms with Gasteiger partial charge in [-0.2, -0.15) is 0 Å². The molecule has 0 nitrogen and oxygen atoms in total. The van der Waals surface area contributed by atoms with Gasteiger partial charge in [-0.05, 0) is 5.92 Å². The van der Waals surface area contributed by atoms with Gasteiger partial charge in [0.25, 0.3) is 0 Å². The van der Waals surface area contributed by atoms with Gasteiger partial charge in [0.05, 0.1) is 0 Å². The number of hydrogen-bond donors (Lipinski definition) is 0. The summed E-state index contributed by atoms with van der Waals surface area (Å²) < 4.78 is 0. The monoisotopic (exact) mass is 218 g/mol. The van der Waals surface area contributed by atoms with Crippen molar-refractivity contribution in [3.05, 3.63) is 0 Å². The summed E-state index contributed by atoms with van der Waals surface area (Å²) in [5, 5.41) is 0. The zero-order valence-electron chi connectivity index (χ0n) is 9.73. The Balaban J connectivity index is 0. The van der Waals surface area contributed by atoms with Gasteiger partial charge >= 0.3 is 0 Å². The molecule has 0 fully saturated rings. The first-order valence-corrected chi connectivity index (χ1v) is 5.77. The van der Waals surface area contributed by atoms with Crippen molar-refractivity contribution in [2.24, 2.45) is 5.92 Å². The van der Waals surface area contributed by atoms with E-state index in [-0.39, 0.29) is 21.7 Å². The quantitative estimate of drug-likeness (QED) is 0.406. The van der Waals surface area contributed by atoms with E-state index in [1.165, 1.54) is 51.4 Å². The molecule has 0 spiro atoms. The summed E-state index contributed by atoms with van der Waals surface area (Å²) in [7, 11) is 0. The Morgan fingerprint density at radius 2 is 1.23 bits per heavy atom. The van der Waals surface area contributed by atoms with Gasteiger partial charge in [-0.25, -0.2) is 0 Å². The molecule has 0 atom stereocenters. The van der Waals surface area contributed by atoms with E-state index in [1.807, 2.05) is 0 Å². The molecule has 0 aliphatic heterocycles. The van der Waals surface area contributed by atoms with Crippen LogP contribution in [0.3, 0.4) is 0 Å². The number of hydrogen-bond acceptors (Lipinski definition) is 0. The molecule has 78 valence electrons. The predicted molar refractivity (Wildman–Crippen MR) is 57.4 cm³/mol. The molecule has 0 saturated carbocycles. The third-order valence-electron chi connectivity index (χ3n) is 2.39. The van der Waals surface area contributed by atoms with Crippen molar-refractivity contribution >= 4 is 0 Å². The molecule has 0 unspecified atom stereocenters. The Morgan fingerprint density at radius 3 is 1.69 bits per heavy atom. The third-order valence-corrected chi connectivity index (χ3v) is 2.39. The smallest absolute Gasteiger partial charge is 0 e. The molecule has 0 bridgehead atoms. The molecule has 13 heavy (non-hydrogen) atoms. The Hall–Kier alpha value is 0.714. The average Bonchev–Trinajstić information content (AvgIpc) is 2.02. The molecule has 0 aliphatic carbocycles. The van der Waals surface area contributed by atoms with E-state index >= 15 is 0 Å². The van der Waals surface area contributed by atoms with Crippen molar-refractivity contribution in [2.75, 3.05) is 0 Å². The average molecular weight is 218 g/mol. The fraction of sp³-hybridized carbons (Fsp3) is 1.00. The van der Waals surface area contributed by atoms with E-state index in [4.69, 9.17) is 0 Å². The van der Waals surface area contributed by atoms with Crippen LogP contribution in [-0.2, 0) is 21.7 Å². The predicted octanol–water partition coefficient (Wildman–Crippen LogP) is 4.78. The van der Waals surface area contributed by atoms with Crippen molar-refractivity contribution in [2.45, 2.75) is 72.1 Å². The summed E-state index contributed by atoms with van der Waals surface area (Å²) in [6.07, 6.45) is 11.5. The zero-order valence-corrected chi connectivity index (χ0v) is 11.3. The van der Waals surface area contributed by atoms with Gasteiger partial charge in [0.15, 0.2) is 0 Å². The fourth-order valence-corrected chi connectivity index (χ4v) is 1.51. The van der Waals surface area contributed by atoms with Crippen molar-refractivity contribution < 1.29 is 21.7 Å². The van der Waals surface area contributed by atoms with E-state index in [1.54, 1.807) is 0 Å². The van der Waals surface area contributed by atoms with E-state index in [0.29, 0.717) is 0 Å². The van der Waals surface area contributed by atoms with Crippen LogP contribution >= 0.6 is 0 Å². The van der Waals surface area contributed by atoms with Crippen LogP contribution in [0.15, 0.2) is 0 Å². The summed E-state index contributed by atoms with van der Waals surface area (Å²) in [6, 6.07) is 0. The van der Waals surface area contributed by atoms with Crippen LogP contribution in [0, 0.1) is 5.92 Å². The maximum Gasteiger partial charge on any atom is 0 e. The van der Waals surface area contributed by atoms with Crippen LogP contribution < -0.4 is 0 Å². The first-order chi connectivity index (χ1) is 5.77. The van der Waals surface area contributed by atoms with Crippen molar-refractivity contribution in [1.82, 2.24) is 0 Å². The molecule has 0 radical (unpaired) electrons. The zero-order chi connectivity index (χ0) is 9.23. The minimum Gasteiger partial charge on any atom is -0.0654 e. The second-order valence-corrected chi connectivity index (χ2v) is 4.30. The Labute approximate surface area is 99.8 Å². The van der Waals surface area contributed by atoms with Crippen molar-refractivity contribution in [3.8, 4) is 0 Å². The topological polar surface area (TPSA) is 0 Å². The van der Waals surface area contributed by atoms with Crippen LogP contribution in [-0.4, -0.2) is 0 Å². The minimum absolute atomic E-state index is 0. The summed E-state index contributed by atoms with van der Waals surface area (Å²) >= 11 is 0. The molecule has 0 rings (SSSR count). The second kappa shape index (κ2) is 12.7. The Kier molecular flexibility index (Phi) is 15.8. The van der Waals surface area contributed by atoms with Crippen LogP contribution in [0.25, 0.3) is 0 Å². The molecule has 1 heteroatoms.